The molecule has 20 heavy (non-hydrogen) atoms. The number of rotatable bonds is 5. The van der Waals surface area contributed by atoms with Gasteiger partial charge >= 0.3 is 5.97 Å². The van der Waals surface area contributed by atoms with Crippen molar-refractivity contribution >= 4 is 23.4 Å². The molecule has 106 valence electrons. The Hall–Kier alpha value is -1.82. The topological polar surface area (TPSA) is 71.7 Å². The van der Waals surface area contributed by atoms with E-state index in [1.54, 1.807) is 6.20 Å². The summed E-state index contributed by atoms with van der Waals surface area (Å²) in [5.74, 6) is -0.276. The number of hydrogen-bond donors (Lipinski definition) is 1. The molecular weight excluding hydrogens is 276 g/mol. The highest BCUT2D eigenvalue weighted by molar-refractivity contribution is 7.99. The lowest BCUT2D eigenvalue weighted by molar-refractivity contribution is -0.136. The van der Waals surface area contributed by atoms with Gasteiger partial charge in [0.1, 0.15) is 5.65 Å². The van der Waals surface area contributed by atoms with Crippen LogP contribution in [0.4, 0.5) is 0 Å². The Balaban J connectivity index is 2.21. The van der Waals surface area contributed by atoms with Gasteiger partial charge in [0, 0.05) is 23.3 Å². The predicted molar refractivity (Wildman–Crippen MR) is 79.2 cm³/mol. The van der Waals surface area contributed by atoms with Gasteiger partial charge in [-0.3, -0.25) is 14.0 Å². The van der Waals surface area contributed by atoms with E-state index in [9.17, 15) is 9.59 Å². The summed E-state index contributed by atoms with van der Waals surface area (Å²) in [5, 5.41) is 8.71. The van der Waals surface area contributed by atoms with Gasteiger partial charge in [0.15, 0.2) is 0 Å². The summed E-state index contributed by atoms with van der Waals surface area (Å²) in [7, 11) is 0. The molecule has 0 bridgehead atoms. The van der Waals surface area contributed by atoms with Gasteiger partial charge in [0.25, 0.3) is 5.56 Å². The first-order chi connectivity index (χ1) is 9.47. The number of carboxylic acid groups (broad SMARTS) is 1. The Bertz CT molecular complexity index is 696. The fourth-order valence-electron chi connectivity index (χ4n) is 1.92. The molecule has 1 N–H and O–H groups in total. The van der Waals surface area contributed by atoms with E-state index in [1.165, 1.54) is 22.2 Å². The van der Waals surface area contributed by atoms with Crippen molar-refractivity contribution in [3.05, 3.63) is 46.0 Å². The number of nitrogens with zero attached hydrogens (tertiary/aromatic N) is 2. The third-order valence-corrected chi connectivity index (χ3v) is 4.12. The molecule has 0 spiro atoms. The second kappa shape index (κ2) is 6.09. The number of hydrogen-bond acceptors (Lipinski definition) is 4. The minimum absolute atomic E-state index is 0.00961. The molecule has 0 aliphatic carbocycles. The molecule has 0 fully saturated rings. The van der Waals surface area contributed by atoms with Crippen LogP contribution in [0, 0.1) is 6.92 Å². The summed E-state index contributed by atoms with van der Waals surface area (Å²) in [4.78, 5) is 27.1. The molecule has 1 unspecified atom stereocenters. The maximum Gasteiger partial charge on any atom is 0.304 e. The lowest BCUT2D eigenvalue weighted by Gasteiger charge is -2.09. The van der Waals surface area contributed by atoms with Gasteiger partial charge in [-0.1, -0.05) is 13.0 Å². The fourth-order valence-corrected chi connectivity index (χ4v) is 2.78. The SMILES string of the molecule is Cc1cccn2c(=O)cc(CSC(C)CC(=O)O)nc12. The Kier molecular flexibility index (Phi) is 4.44. The number of fused-ring (bicyclic) bond motifs is 1. The minimum Gasteiger partial charge on any atom is -0.481 e. The zero-order valence-electron chi connectivity index (χ0n) is 11.4. The van der Waals surface area contributed by atoms with Crippen LogP contribution in [0.2, 0.25) is 0 Å². The van der Waals surface area contributed by atoms with Crippen molar-refractivity contribution < 1.29 is 9.90 Å². The molecule has 2 aromatic heterocycles. The summed E-state index contributed by atoms with van der Waals surface area (Å²) in [6.45, 7) is 3.77. The van der Waals surface area contributed by atoms with E-state index in [1.807, 2.05) is 26.0 Å². The summed E-state index contributed by atoms with van der Waals surface area (Å²) in [5.41, 5.74) is 2.17. The number of carbonyl (C=O) groups is 1. The first-order valence-corrected chi connectivity index (χ1v) is 7.33. The normalized spacial score (nSPS) is 12.5. The number of aliphatic carboxylic acids is 1. The molecule has 2 heterocycles. The van der Waals surface area contributed by atoms with Crippen LogP contribution in [-0.4, -0.2) is 25.7 Å². The highest BCUT2D eigenvalue weighted by atomic mass is 32.2. The lowest BCUT2D eigenvalue weighted by atomic mass is 10.3. The molecule has 5 nitrogen and oxygen atoms in total. The molecule has 0 aliphatic rings. The highest BCUT2D eigenvalue weighted by Gasteiger charge is 2.10. The Morgan fingerprint density at radius 1 is 1.55 bits per heavy atom. The maximum atomic E-state index is 12.0. The number of aryl methyl sites for hydroxylation is 1. The minimum atomic E-state index is -0.813. The third kappa shape index (κ3) is 3.39. The molecule has 2 aromatic rings. The van der Waals surface area contributed by atoms with Crippen LogP contribution < -0.4 is 5.56 Å². The van der Waals surface area contributed by atoms with Crippen LogP contribution in [-0.2, 0) is 10.5 Å². The number of aromatic nitrogens is 2. The Morgan fingerprint density at radius 2 is 2.30 bits per heavy atom. The molecular formula is C14H16N2O3S. The quantitative estimate of drug-likeness (QED) is 0.913. The lowest BCUT2D eigenvalue weighted by Crippen LogP contribution is -2.16. The second-order valence-corrected chi connectivity index (χ2v) is 6.12. The molecule has 1 atom stereocenters. The van der Waals surface area contributed by atoms with E-state index in [2.05, 4.69) is 4.98 Å². The van der Waals surface area contributed by atoms with Gasteiger partial charge in [0.2, 0.25) is 0 Å². The highest BCUT2D eigenvalue weighted by Crippen LogP contribution is 2.19. The van der Waals surface area contributed by atoms with Gasteiger partial charge in [-0.15, -0.1) is 0 Å². The van der Waals surface area contributed by atoms with Gasteiger partial charge in [0.05, 0.1) is 12.1 Å². The molecule has 2 rings (SSSR count). The van der Waals surface area contributed by atoms with Crippen molar-refractivity contribution in [2.45, 2.75) is 31.3 Å². The molecule has 0 aromatic carbocycles. The number of thioether (sulfide) groups is 1. The molecule has 0 saturated carbocycles. The Labute approximate surface area is 120 Å². The third-order valence-electron chi connectivity index (χ3n) is 2.92. The second-order valence-electron chi connectivity index (χ2n) is 4.69. The van der Waals surface area contributed by atoms with E-state index in [4.69, 9.17) is 5.11 Å². The van der Waals surface area contributed by atoms with E-state index < -0.39 is 5.97 Å². The first-order valence-electron chi connectivity index (χ1n) is 6.28. The summed E-state index contributed by atoms with van der Waals surface area (Å²) < 4.78 is 1.52. The fraction of sp³-hybridized carbons (Fsp3) is 0.357. The van der Waals surface area contributed by atoms with E-state index in [0.29, 0.717) is 17.1 Å². The predicted octanol–water partition coefficient (Wildman–Crippen LogP) is 2.10. The molecule has 0 aliphatic heterocycles. The number of pyridine rings is 1. The molecule has 0 amide bonds. The van der Waals surface area contributed by atoms with Gasteiger partial charge in [-0.2, -0.15) is 11.8 Å². The average molecular weight is 292 g/mol. The van der Waals surface area contributed by atoms with E-state index in [-0.39, 0.29) is 17.2 Å². The zero-order valence-corrected chi connectivity index (χ0v) is 12.2. The van der Waals surface area contributed by atoms with E-state index >= 15 is 0 Å². The van der Waals surface area contributed by atoms with Gasteiger partial charge in [-0.25, -0.2) is 4.98 Å². The van der Waals surface area contributed by atoms with Crippen LogP contribution in [0.15, 0.2) is 29.2 Å². The van der Waals surface area contributed by atoms with Crippen molar-refractivity contribution in [2.75, 3.05) is 0 Å². The van der Waals surface area contributed by atoms with E-state index in [0.717, 1.165) is 5.56 Å². The zero-order chi connectivity index (χ0) is 14.7. The standard InChI is InChI=1S/C14H16N2O3S/c1-9-4-3-5-16-12(17)7-11(15-14(9)16)8-20-10(2)6-13(18)19/h3-5,7,10H,6,8H2,1-2H3,(H,18,19). The summed E-state index contributed by atoms with van der Waals surface area (Å²) in [6, 6.07) is 5.23. The Morgan fingerprint density at radius 3 is 3.00 bits per heavy atom. The largest absolute Gasteiger partial charge is 0.481 e. The van der Waals surface area contributed by atoms with Crippen molar-refractivity contribution in [3.63, 3.8) is 0 Å². The molecule has 0 radical (unpaired) electrons. The van der Waals surface area contributed by atoms with Crippen molar-refractivity contribution in [1.29, 1.82) is 0 Å². The maximum absolute atomic E-state index is 12.0. The summed E-state index contributed by atoms with van der Waals surface area (Å²) >= 11 is 1.49. The number of carboxylic acids is 1. The first kappa shape index (κ1) is 14.6. The van der Waals surface area contributed by atoms with Crippen LogP contribution in [0.1, 0.15) is 24.6 Å². The van der Waals surface area contributed by atoms with Gasteiger partial charge in [-0.05, 0) is 18.6 Å². The smallest absolute Gasteiger partial charge is 0.304 e. The monoisotopic (exact) mass is 292 g/mol. The van der Waals surface area contributed by atoms with Crippen molar-refractivity contribution in [3.8, 4) is 0 Å². The van der Waals surface area contributed by atoms with Crippen LogP contribution in [0.25, 0.3) is 5.65 Å². The van der Waals surface area contributed by atoms with Crippen LogP contribution in [0.5, 0.6) is 0 Å². The summed E-state index contributed by atoms with van der Waals surface area (Å²) in [6.07, 6.45) is 1.80. The molecule has 6 heteroatoms. The van der Waals surface area contributed by atoms with Crippen molar-refractivity contribution in [2.24, 2.45) is 0 Å². The van der Waals surface area contributed by atoms with Crippen LogP contribution >= 0.6 is 11.8 Å². The van der Waals surface area contributed by atoms with Crippen LogP contribution in [0.3, 0.4) is 0 Å². The molecule has 0 saturated heterocycles. The van der Waals surface area contributed by atoms with Gasteiger partial charge < -0.3 is 5.11 Å². The van der Waals surface area contributed by atoms with Crippen molar-refractivity contribution in [1.82, 2.24) is 9.38 Å². The average Bonchev–Trinajstić information content (AvgIpc) is 2.37.